The Morgan fingerprint density at radius 3 is 2.73 bits per heavy atom. The zero-order valence-electron chi connectivity index (χ0n) is 7.82. The van der Waals surface area contributed by atoms with Crippen LogP contribution in [0.25, 0.3) is 0 Å². The van der Waals surface area contributed by atoms with Gasteiger partial charge < -0.3 is 0 Å². The van der Waals surface area contributed by atoms with Crippen LogP contribution in [0.3, 0.4) is 0 Å². The molecule has 2 aromatic heterocycles. The highest BCUT2D eigenvalue weighted by molar-refractivity contribution is 9.10. The molecule has 4 heteroatoms. The van der Waals surface area contributed by atoms with Gasteiger partial charge in [-0.3, -0.25) is 0 Å². The highest BCUT2D eigenvalue weighted by Crippen LogP contribution is 2.12. The molecular weight excluding hydrogens is 275 g/mol. The number of halogens is 2. The SMILES string of the molecule is Clc1ccc(Cc2cccc(Br)n2)cn1. The summed E-state index contributed by atoms with van der Waals surface area (Å²) in [6.07, 6.45) is 2.54. The van der Waals surface area contributed by atoms with Crippen LogP contribution in [0.4, 0.5) is 0 Å². The number of pyridine rings is 2. The maximum absolute atomic E-state index is 5.71. The molecule has 0 aliphatic heterocycles. The molecule has 0 atom stereocenters. The summed E-state index contributed by atoms with van der Waals surface area (Å²) in [4.78, 5) is 8.37. The van der Waals surface area contributed by atoms with E-state index in [0.717, 1.165) is 22.3 Å². The van der Waals surface area contributed by atoms with Gasteiger partial charge in [-0.05, 0) is 39.7 Å². The molecule has 2 heterocycles. The van der Waals surface area contributed by atoms with Crippen LogP contribution in [-0.4, -0.2) is 9.97 Å². The van der Waals surface area contributed by atoms with Gasteiger partial charge in [-0.15, -0.1) is 0 Å². The Balaban J connectivity index is 2.18. The van der Waals surface area contributed by atoms with E-state index in [1.807, 2.05) is 24.3 Å². The lowest BCUT2D eigenvalue weighted by Crippen LogP contribution is -1.92. The number of hydrogen-bond donors (Lipinski definition) is 0. The third-order valence-electron chi connectivity index (χ3n) is 1.95. The van der Waals surface area contributed by atoms with E-state index in [2.05, 4.69) is 25.9 Å². The molecule has 0 amide bonds. The smallest absolute Gasteiger partial charge is 0.129 e. The standard InChI is InChI=1S/C11H8BrClN2/c12-10-3-1-2-9(15-10)6-8-4-5-11(13)14-7-8/h1-5,7H,6H2. The Labute approximate surface area is 101 Å². The third kappa shape index (κ3) is 3.01. The highest BCUT2D eigenvalue weighted by atomic mass is 79.9. The van der Waals surface area contributed by atoms with E-state index in [4.69, 9.17) is 11.6 Å². The molecular formula is C11H8BrClN2. The van der Waals surface area contributed by atoms with E-state index in [1.54, 1.807) is 12.3 Å². The lowest BCUT2D eigenvalue weighted by atomic mass is 10.1. The largest absolute Gasteiger partial charge is 0.246 e. The van der Waals surface area contributed by atoms with Crippen LogP contribution in [0.15, 0.2) is 41.1 Å². The first-order valence-electron chi connectivity index (χ1n) is 4.46. The van der Waals surface area contributed by atoms with Crippen LogP contribution in [0.1, 0.15) is 11.3 Å². The number of hydrogen-bond acceptors (Lipinski definition) is 2. The molecule has 0 bridgehead atoms. The van der Waals surface area contributed by atoms with Gasteiger partial charge in [0.1, 0.15) is 9.76 Å². The summed E-state index contributed by atoms with van der Waals surface area (Å²) >= 11 is 9.04. The van der Waals surface area contributed by atoms with Crippen LogP contribution in [0.2, 0.25) is 5.15 Å². The van der Waals surface area contributed by atoms with Crippen LogP contribution < -0.4 is 0 Å². The van der Waals surface area contributed by atoms with E-state index in [0.29, 0.717) is 5.15 Å². The molecule has 0 saturated carbocycles. The van der Waals surface area contributed by atoms with Gasteiger partial charge in [0, 0.05) is 18.3 Å². The Bertz CT molecular complexity index is 456. The van der Waals surface area contributed by atoms with Gasteiger partial charge in [0.05, 0.1) is 0 Å². The molecule has 0 aliphatic rings. The zero-order chi connectivity index (χ0) is 10.7. The quantitative estimate of drug-likeness (QED) is 0.789. The van der Waals surface area contributed by atoms with E-state index in [1.165, 1.54) is 0 Å². The topological polar surface area (TPSA) is 25.8 Å². The molecule has 0 saturated heterocycles. The lowest BCUT2D eigenvalue weighted by Gasteiger charge is -2.01. The van der Waals surface area contributed by atoms with Crippen molar-refractivity contribution in [3.63, 3.8) is 0 Å². The van der Waals surface area contributed by atoms with Crippen molar-refractivity contribution in [2.24, 2.45) is 0 Å². The normalized spacial score (nSPS) is 10.3. The van der Waals surface area contributed by atoms with E-state index < -0.39 is 0 Å². The predicted molar refractivity (Wildman–Crippen MR) is 64.0 cm³/mol. The van der Waals surface area contributed by atoms with Crippen LogP contribution in [0, 0.1) is 0 Å². The van der Waals surface area contributed by atoms with Crippen molar-refractivity contribution in [2.75, 3.05) is 0 Å². The van der Waals surface area contributed by atoms with Gasteiger partial charge in [-0.25, -0.2) is 9.97 Å². The summed E-state index contributed by atoms with van der Waals surface area (Å²) in [5.74, 6) is 0. The Morgan fingerprint density at radius 2 is 2.07 bits per heavy atom. The van der Waals surface area contributed by atoms with E-state index in [-0.39, 0.29) is 0 Å². The fraction of sp³-hybridized carbons (Fsp3) is 0.0909. The van der Waals surface area contributed by atoms with Gasteiger partial charge in [0.25, 0.3) is 0 Å². The van der Waals surface area contributed by atoms with Crippen LogP contribution in [0.5, 0.6) is 0 Å². The second kappa shape index (κ2) is 4.73. The molecule has 0 aromatic carbocycles. The predicted octanol–water partition coefficient (Wildman–Crippen LogP) is 3.48. The fourth-order valence-electron chi connectivity index (χ4n) is 1.27. The van der Waals surface area contributed by atoms with Crippen molar-refractivity contribution in [2.45, 2.75) is 6.42 Å². The van der Waals surface area contributed by atoms with Crippen molar-refractivity contribution in [1.29, 1.82) is 0 Å². The van der Waals surface area contributed by atoms with Crippen molar-refractivity contribution in [3.05, 3.63) is 57.5 Å². The summed E-state index contributed by atoms with van der Waals surface area (Å²) in [6.45, 7) is 0. The van der Waals surface area contributed by atoms with Crippen molar-refractivity contribution in [3.8, 4) is 0 Å². The molecule has 2 nitrogen and oxygen atoms in total. The molecule has 2 aromatic rings. The number of aromatic nitrogens is 2. The van der Waals surface area contributed by atoms with Gasteiger partial charge in [-0.2, -0.15) is 0 Å². The first-order chi connectivity index (χ1) is 7.24. The summed E-state index contributed by atoms with van der Waals surface area (Å²) in [5, 5.41) is 0.515. The zero-order valence-corrected chi connectivity index (χ0v) is 10.2. The first kappa shape index (κ1) is 10.6. The molecule has 0 unspecified atom stereocenters. The average molecular weight is 284 g/mol. The maximum atomic E-state index is 5.71. The second-order valence-electron chi connectivity index (χ2n) is 3.12. The average Bonchev–Trinajstić information content (AvgIpc) is 2.22. The summed E-state index contributed by atoms with van der Waals surface area (Å²) in [5.41, 5.74) is 2.11. The second-order valence-corrected chi connectivity index (χ2v) is 4.32. The monoisotopic (exact) mass is 282 g/mol. The lowest BCUT2D eigenvalue weighted by molar-refractivity contribution is 1.04. The Kier molecular flexibility index (Phi) is 3.34. The Morgan fingerprint density at radius 1 is 1.20 bits per heavy atom. The third-order valence-corrected chi connectivity index (χ3v) is 2.61. The molecule has 0 aliphatic carbocycles. The van der Waals surface area contributed by atoms with Crippen molar-refractivity contribution >= 4 is 27.5 Å². The van der Waals surface area contributed by atoms with Crippen LogP contribution in [-0.2, 0) is 6.42 Å². The number of nitrogens with zero attached hydrogens (tertiary/aromatic N) is 2. The molecule has 0 radical (unpaired) electrons. The summed E-state index contributed by atoms with van der Waals surface area (Å²) in [7, 11) is 0. The van der Waals surface area contributed by atoms with E-state index in [9.17, 15) is 0 Å². The van der Waals surface area contributed by atoms with Crippen LogP contribution >= 0.6 is 27.5 Å². The minimum absolute atomic E-state index is 0.515. The first-order valence-corrected chi connectivity index (χ1v) is 5.63. The molecule has 15 heavy (non-hydrogen) atoms. The van der Waals surface area contributed by atoms with Crippen molar-refractivity contribution < 1.29 is 0 Å². The van der Waals surface area contributed by atoms with Gasteiger partial charge >= 0.3 is 0 Å². The number of rotatable bonds is 2. The van der Waals surface area contributed by atoms with Gasteiger partial charge in [-0.1, -0.05) is 23.7 Å². The molecule has 0 N–H and O–H groups in total. The van der Waals surface area contributed by atoms with E-state index >= 15 is 0 Å². The fourth-order valence-corrected chi connectivity index (χ4v) is 1.76. The van der Waals surface area contributed by atoms with Gasteiger partial charge in [0.15, 0.2) is 0 Å². The molecule has 76 valence electrons. The van der Waals surface area contributed by atoms with Crippen molar-refractivity contribution in [1.82, 2.24) is 9.97 Å². The minimum atomic E-state index is 0.515. The minimum Gasteiger partial charge on any atom is -0.246 e. The molecule has 0 fully saturated rings. The molecule has 0 spiro atoms. The Hall–Kier alpha value is -0.930. The summed E-state index contributed by atoms with van der Waals surface area (Å²) in [6, 6.07) is 9.60. The molecule has 2 rings (SSSR count). The van der Waals surface area contributed by atoms with Gasteiger partial charge in [0.2, 0.25) is 0 Å². The maximum Gasteiger partial charge on any atom is 0.129 e. The summed E-state index contributed by atoms with van der Waals surface area (Å²) < 4.78 is 0.849. The highest BCUT2D eigenvalue weighted by Gasteiger charge is 1.99.